The molecule has 1 nitrogen and oxygen atoms in total. The van der Waals surface area contributed by atoms with Crippen molar-refractivity contribution in [1.29, 1.82) is 0 Å². The van der Waals surface area contributed by atoms with Crippen molar-refractivity contribution in [3.8, 4) is 0 Å². The van der Waals surface area contributed by atoms with Crippen LogP contribution >= 0.6 is 43.6 Å². The van der Waals surface area contributed by atoms with Crippen LogP contribution in [0.1, 0.15) is 5.56 Å². The van der Waals surface area contributed by atoms with E-state index in [-0.39, 0.29) is 0 Å². The van der Waals surface area contributed by atoms with Gasteiger partial charge in [0.25, 0.3) is 0 Å². The van der Waals surface area contributed by atoms with Crippen LogP contribution in [0.15, 0.2) is 61.2 Å². The molecule has 1 N–H and O–H groups in total. The summed E-state index contributed by atoms with van der Waals surface area (Å²) in [7, 11) is 1.95. The molecule has 0 aromatic heterocycles. The second-order valence-electron chi connectivity index (χ2n) is 3.84. The van der Waals surface area contributed by atoms with Gasteiger partial charge < -0.3 is 5.32 Å². The average Bonchev–Trinajstić information content (AvgIpc) is 2.33. The van der Waals surface area contributed by atoms with Crippen LogP contribution in [0, 0.1) is 0 Å². The van der Waals surface area contributed by atoms with Crippen LogP contribution in [-0.4, -0.2) is 7.05 Å². The van der Waals surface area contributed by atoms with Crippen LogP contribution in [0.5, 0.6) is 0 Å². The second-order valence-corrected chi connectivity index (χ2v) is 6.76. The standard InChI is InChI=1S/C14H13Br2NS/c1-17-9-10-5-6-13(8-14(10)16)18-12-4-2-3-11(15)7-12/h2-8,17H,9H2,1H3. The molecule has 0 heterocycles. The predicted molar refractivity (Wildman–Crippen MR) is 85.2 cm³/mol. The van der Waals surface area contributed by atoms with Gasteiger partial charge in [0.05, 0.1) is 0 Å². The van der Waals surface area contributed by atoms with Gasteiger partial charge in [-0.25, -0.2) is 0 Å². The monoisotopic (exact) mass is 385 g/mol. The van der Waals surface area contributed by atoms with Crippen molar-refractivity contribution in [1.82, 2.24) is 5.32 Å². The molecule has 0 unspecified atom stereocenters. The van der Waals surface area contributed by atoms with Crippen molar-refractivity contribution in [2.45, 2.75) is 16.3 Å². The molecule has 0 atom stereocenters. The number of hydrogen-bond acceptors (Lipinski definition) is 2. The Labute approximate surface area is 129 Å². The van der Waals surface area contributed by atoms with E-state index in [1.807, 2.05) is 13.1 Å². The average molecular weight is 387 g/mol. The molecule has 0 saturated heterocycles. The summed E-state index contributed by atoms with van der Waals surface area (Å²) in [6.07, 6.45) is 0. The Balaban J connectivity index is 2.17. The molecule has 2 aromatic carbocycles. The van der Waals surface area contributed by atoms with E-state index < -0.39 is 0 Å². The Morgan fingerprint density at radius 3 is 2.50 bits per heavy atom. The molecule has 2 aromatic rings. The Hall–Kier alpha value is -0.290. The topological polar surface area (TPSA) is 12.0 Å². The third-order valence-electron chi connectivity index (χ3n) is 2.42. The van der Waals surface area contributed by atoms with Crippen molar-refractivity contribution in [2.75, 3.05) is 7.05 Å². The molecule has 0 radical (unpaired) electrons. The van der Waals surface area contributed by atoms with Gasteiger partial charge in [-0.3, -0.25) is 0 Å². The van der Waals surface area contributed by atoms with Gasteiger partial charge >= 0.3 is 0 Å². The Kier molecular flexibility index (Phi) is 5.30. The van der Waals surface area contributed by atoms with Crippen molar-refractivity contribution in [2.24, 2.45) is 0 Å². The maximum Gasteiger partial charge on any atom is 0.0231 e. The van der Waals surface area contributed by atoms with Gasteiger partial charge in [-0.05, 0) is 42.9 Å². The number of hydrogen-bond donors (Lipinski definition) is 1. The summed E-state index contributed by atoms with van der Waals surface area (Å²) in [6, 6.07) is 14.8. The molecular formula is C14H13Br2NS. The highest BCUT2D eigenvalue weighted by atomic mass is 79.9. The molecule has 0 aliphatic rings. The highest BCUT2D eigenvalue weighted by molar-refractivity contribution is 9.10. The molecule has 4 heteroatoms. The van der Waals surface area contributed by atoms with Crippen molar-refractivity contribution < 1.29 is 0 Å². The van der Waals surface area contributed by atoms with E-state index in [9.17, 15) is 0 Å². The van der Waals surface area contributed by atoms with Gasteiger partial charge in [-0.1, -0.05) is 55.8 Å². The van der Waals surface area contributed by atoms with E-state index in [1.54, 1.807) is 11.8 Å². The summed E-state index contributed by atoms with van der Waals surface area (Å²) in [4.78, 5) is 2.47. The molecule has 0 saturated carbocycles. The van der Waals surface area contributed by atoms with E-state index in [0.29, 0.717) is 0 Å². The summed E-state index contributed by atoms with van der Waals surface area (Å²) in [5, 5.41) is 3.16. The van der Waals surface area contributed by atoms with Crippen LogP contribution in [0.25, 0.3) is 0 Å². The molecule has 0 bridgehead atoms. The normalized spacial score (nSPS) is 10.6. The van der Waals surface area contributed by atoms with Crippen molar-refractivity contribution >= 4 is 43.6 Å². The molecule has 18 heavy (non-hydrogen) atoms. The Morgan fingerprint density at radius 2 is 1.83 bits per heavy atom. The van der Waals surface area contributed by atoms with E-state index >= 15 is 0 Å². The quantitative estimate of drug-likeness (QED) is 0.785. The Morgan fingerprint density at radius 1 is 1.06 bits per heavy atom. The van der Waals surface area contributed by atoms with Crippen LogP contribution in [0.4, 0.5) is 0 Å². The van der Waals surface area contributed by atoms with Gasteiger partial charge in [0.1, 0.15) is 0 Å². The van der Waals surface area contributed by atoms with Crippen LogP contribution in [0.3, 0.4) is 0 Å². The van der Waals surface area contributed by atoms with Gasteiger partial charge in [0.2, 0.25) is 0 Å². The van der Waals surface area contributed by atoms with Crippen LogP contribution < -0.4 is 5.32 Å². The minimum absolute atomic E-state index is 0.877. The molecule has 0 aliphatic heterocycles. The number of benzene rings is 2. The minimum Gasteiger partial charge on any atom is -0.316 e. The molecule has 0 fully saturated rings. The lowest BCUT2D eigenvalue weighted by Crippen LogP contribution is -2.05. The Bertz CT molecular complexity index is 543. The summed E-state index contributed by atoms with van der Waals surface area (Å²) >= 11 is 8.87. The van der Waals surface area contributed by atoms with Crippen LogP contribution in [-0.2, 0) is 6.54 Å². The first-order valence-corrected chi connectivity index (χ1v) is 7.96. The lowest BCUT2D eigenvalue weighted by Gasteiger charge is -2.07. The largest absolute Gasteiger partial charge is 0.316 e. The number of halogens is 2. The first-order valence-electron chi connectivity index (χ1n) is 5.55. The van der Waals surface area contributed by atoms with Gasteiger partial charge in [-0.15, -0.1) is 0 Å². The zero-order valence-corrected chi connectivity index (χ0v) is 13.9. The fourth-order valence-electron chi connectivity index (χ4n) is 1.59. The molecule has 0 amide bonds. The smallest absolute Gasteiger partial charge is 0.0231 e. The van der Waals surface area contributed by atoms with E-state index in [2.05, 4.69) is 73.6 Å². The fourth-order valence-corrected chi connectivity index (χ4v) is 3.73. The van der Waals surface area contributed by atoms with Crippen LogP contribution in [0.2, 0.25) is 0 Å². The molecule has 2 rings (SSSR count). The summed E-state index contributed by atoms with van der Waals surface area (Å²) in [5.74, 6) is 0. The highest BCUT2D eigenvalue weighted by Gasteiger charge is 2.03. The zero-order chi connectivity index (χ0) is 13.0. The highest BCUT2D eigenvalue weighted by Crippen LogP contribution is 2.32. The lowest BCUT2D eigenvalue weighted by atomic mass is 10.2. The molecule has 0 spiro atoms. The maximum atomic E-state index is 3.61. The predicted octanol–water partition coefficient (Wildman–Crippen LogP) is 5.08. The van der Waals surface area contributed by atoms with Gasteiger partial charge in [0, 0.05) is 25.3 Å². The van der Waals surface area contributed by atoms with Gasteiger partial charge in [0.15, 0.2) is 0 Å². The second kappa shape index (κ2) is 6.75. The minimum atomic E-state index is 0.877. The summed E-state index contributed by atoms with van der Waals surface area (Å²) < 4.78 is 2.26. The summed E-state index contributed by atoms with van der Waals surface area (Å²) in [5.41, 5.74) is 1.27. The molecule has 0 aliphatic carbocycles. The molecule has 94 valence electrons. The summed E-state index contributed by atoms with van der Waals surface area (Å²) in [6.45, 7) is 0.877. The lowest BCUT2D eigenvalue weighted by molar-refractivity contribution is 0.813. The first-order chi connectivity index (χ1) is 8.69. The first kappa shape index (κ1) is 14.1. The maximum absolute atomic E-state index is 3.61. The fraction of sp³-hybridized carbons (Fsp3) is 0.143. The SMILES string of the molecule is CNCc1ccc(Sc2cccc(Br)c2)cc1Br. The third kappa shape index (κ3) is 3.85. The van der Waals surface area contributed by atoms with E-state index in [4.69, 9.17) is 0 Å². The van der Waals surface area contributed by atoms with Crippen molar-refractivity contribution in [3.05, 3.63) is 57.0 Å². The third-order valence-corrected chi connectivity index (χ3v) is 4.63. The van der Waals surface area contributed by atoms with E-state index in [0.717, 1.165) is 15.5 Å². The molecular weight excluding hydrogens is 374 g/mol. The van der Waals surface area contributed by atoms with Crippen molar-refractivity contribution in [3.63, 3.8) is 0 Å². The number of rotatable bonds is 4. The zero-order valence-electron chi connectivity index (χ0n) is 9.91. The van der Waals surface area contributed by atoms with E-state index in [1.165, 1.54) is 15.4 Å². The number of nitrogens with one attached hydrogen (secondary N) is 1. The van der Waals surface area contributed by atoms with Gasteiger partial charge in [-0.2, -0.15) is 0 Å².